The molecule has 1 aliphatic rings. The fourth-order valence-corrected chi connectivity index (χ4v) is 2.91. The Balaban J connectivity index is 1.86. The molecule has 0 radical (unpaired) electrons. The number of benzene rings is 1. The van der Waals surface area contributed by atoms with Gasteiger partial charge in [0, 0.05) is 18.0 Å². The lowest BCUT2D eigenvalue weighted by atomic mass is 10.1. The molecule has 0 spiro atoms. The molecule has 1 fully saturated rings. The van der Waals surface area contributed by atoms with Gasteiger partial charge < -0.3 is 10.4 Å². The van der Waals surface area contributed by atoms with Crippen LogP contribution in [0.4, 0.5) is 0 Å². The van der Waals surface area contributed by atoms with Crippen molar-refractivity contribution in [2.24, 2.45) is 5.92 Å². The van der Waals surface area contributed by atoms with Crippen molar-refractivity contribution >= 4 is 16.8 Å². The molecular weight excluding hydrogens is 276 g/mol. The number of hydrogen-bond donors (Lipinski definition) is 2. The largest absolute Gasteiger partial charge is 0.396 e. The first-order valence-electron chi connectivity index (χ1n) is 7.88. The fourth-order valence-electron chi connectivity index (χ4n) is 2.91. The molecule has 0 saturated heterocycles. The summed E-state index contributed by atoms with van der Waals surface area (Å²) in [4.78, 5) is 17.1. The van der Waals surface area contributed by atoms with Gasteiger partial charge in [0.15, 0.2) is 0 Å². The number of nitrogens with one attached hydrogen (secondary N) is 1. The van der Waals surface area contributed by atoms with Gasteiger partial charge in [0.25, 0.3) is 5.91 Å². The van der Waals surface area contributed by atoms with E-state index in [2.05, 4.69) is 10.3 Å². The molecule has 1 amide bonds. The Bertz CT molecular complexity index is 708. The second kappa shape index (κ2) is 6.05. The second-order valence-corrected chi connectivity index (χ2v) is 6.25. The number of fused-ring (bicyclic) bond motifs is 1. The average Bonchev–Trinajstić information content (AvgIpc) is 3.30. The number of rotatable bonds is 5. The number of aryl methyl sites for hydroxylation is 2. The summed E-state index contributed by atoms with van der Waals surface area (Å²) in [5.41, 5.74) is 3.45. The normalized spacial score (nSPS) is 15.8. The minimum atomic E-state index is -0.0853. The Morgan fingerprint density at radius 3 is 2.82 bits per heavy atom. The van der Waals surface area contributed by atoms with Crippen LogP contribution in [0.15, 0.2) is 24.3 Å². The van der Waals surface area contributed by atoms with Gasteiger partial charge in [-0.05, 0) is 56.7 Å². The third-order valence-electron chi connectivity index (χ3n) is 4.36. The summed E-state index contributed by atoms with van der Waals surface area (Å²) in [6, 6.07) is 8.04. The van der Waals surface area contributed by atoms with E-state index < -0.39 is 0 Å². The molecular formula is C18H22N2O2. The van der Waals surface area contributed by atoms with Crippen LogP contribution in [-0.2, 0) is 0 Å². The van der Waals surface area contributed by atoms with Gasteiger partial charge in [-0.2, -0.15) is 0 Å². The van der Waals surface area contributed by atoms with Gasteiger partial charge in [0.05, 0.1) is 16.8 Å². The van der Waals surface area contributed by atoms with Crippen LogP contribution < -0.4 is 5.32 Å². The number of amides is 1. The number of carbonyl (C=O) groups excluding carboxylic acids is 1. The van der Waals surface area contributed by atoms with Crippen molar-refractivity contribution in [3.63, 3.8) is 0 Å². The predicted octanol–water partition coefficient (Wildman–Crippen LogP) is 2.74. The molecule has 1 aromatic heterocycles. The molecule has 1 heterocycles. The zero-order valence-electron chi connectivity index (χ0n) is 13.1. The van der Waals surface area contributed by atoms with Crippen molar-refractivity contribution in [3.8, 4) is 0 Å². The Kier molecular flexibility index (Phi) is 4.12. The first-order valence-corrected chi connectivity index (χ1v) is 7.88. The summed E-state index contributed by atoms with van der Waals surface area (Å²) in [5.74, 6) is 0.435. The van der Waals surface area contributed by atoms with Gasteiger partial charge in [0.2, 0.25) is 0 Å². The molecule has 2 N–H and O–H groups in total. The highest BCUT2D eigenvalue weighted by Gasteiger charge is 2.32. The molecule has 2 aromatic rings. The molecule has 1 aliphatic carbocycles. The maximum absolute atomic E-state index is 12.6. The first-order chi connectivity index (χ1) is 10.6. The molecule has 4 nitrogen and oxygen atoms in total. The number of pyridine rings is 1. The molecule has 22 heavy (non-hydrogen) atoms. The minimum absolute atomic E-state index is 0.0746. The molecule has 1 aromatic carbocycles. The zero-order chi connectivity index (χ0) is 15.7. The molecule has 1 unspecified atom stereocenters. The van der Waals surface area contributed by atoms with E-state index in [1.54, 1.807) is 0 Å². The van der Waals surface area contributed by atoms with Gasteiger partial charge >= 0.3 is 0 Å². The second-order valence-electron chi connectivity index (χ2n) is 6.25. The van der Waals surface area contributed by atoms with Gasteiger partial charge in [-0.25, -0.2) is 0 Å². The van der Waals surface area contributed by atoms with Crippen LogP contribution in [0.25, 0.3) is 10.9 Å². The van der Waals surface area contributed by atoms with Gasteiger partial charge in [0.1, 0.15) is 0 Å². The van der Waals surface area contributed by atoms with Gasteiger partial charge in [-0.1, -0.05) is 12.1 Å². The van der Waals surface area contributed by atoms with E-state index in [0.29, 0.717) is 17.9 Å². The summed E-state index contributed by atoms with van der Waals surface area (Å²) in [6.07, 6.45) is 2.90. The van der Waals surface area contributed by atoms with E-state index in [1.807, 2.05) is 38.1 Å². The maximum atomic E-state index is 12.6. The number of aromatic nitrogens is 1. The highest BCUT2D eigenvalue weighted by atomic mass is 16.3. The molecule has 1 atom stereocenters. The predicted molar refractivity (Wildman–Crippen MR) is 86.9 cm³/mol. The zero-order valence-corrected chi connectivity index (χ0v) is 13.1. The first kappa shape index (κ1) is 15.0. The van der Waals surface area contributed by atoms with Crippen molar-refractivity contribution in [2.75, 3.05) is 6.61 Å². The minimum Gasteiger partial charge on any atom is -0.396 e. The van der Waals surface area contributed by atoms with Crippen molar-refractivity contribution in [1.82, 2.24) is 10.3 Å². The fraction of sp³-hybridized carbons (Fsp3) is 0.444. The lowest BCUT2D eigenvalue weighted by Crippen LogP contribution is -2.37. The van der Waals surface area contributed by atoms with E-state index in [-0.39, 0.29) is 18.6 Å². The summed E-state index contributed by atoms with van der Waals surface area (Å²) in [6.45, 7) is 4.01. The van der Waals surface area contributed by atoms with Crippen LogP contribution in [0.5, 0.6) is 0 Å². The van der Waals surface area contributed by atoms with Gasteiger partial charge in [-0.15, -0.1) is 0 Å². The van der Waals surface area contributed by atoms with Crippen molar-refractivity contribution in [2.45, 2.75) is 39.2 Å². The van der Waals surface area contributed by atoms with Crippen LogP contribution >= 0.6 is 0 Å². The lowest BCUT2D eigenvalue weighted by Gasteiger charge is -2.18. The van der Waals surface area contributed by atoms with Crippen LogP contribution in [0.1, 0.15) is 40.9 Å². The molecule has 0 aliphatic heterocycles. The van der Waals surface area contributed by atoms with E-state index in [9.17, 15) is 4.79 Å². The summed E-state index contributed by atoms with van der Waals surface area (Å²) in [7, 11) is 0. The Morgan fingerprint density at radius 2 is 2.14 bits per heavy atom. The van der Waals surface area contributed by atoms with Gasteiger partial charge in [-0.3, -0.25) is 9.78 Å². The van der Waals surface area contributed by atoms with E-state index in [1.165, 1.54) is 0 Å². The Hall–Kier alpha value is -1.94. The quantitative estimate of drug-likeness (QED) is 0.892. The highest BCUT2D eigenvalue weighted by molar-refractivity contribution is 5.98. The van der Waals surface area contributed by atoms with Crippen molar-refractivity contribution < 1.29 is 9.90 Å². The summed E-state index contributed by atoms with van der Waals surface area (Å²) < 4.78 is 0. The number of carbonyl (C=O) groups is 1. The Morgan fingerprint density at radius 1 is 1.36 bits per heavy atom. The molecule has 1 saturated carbocycles. The van der Waals surface area contributed by atoms with Crippen LogP contribution in [0.3, 0.4) is 0 Å². The Labute approximate surface area is 130 Å². The molecule has 116 valence electrons. The molecule has 4 heteroatoms. The van der Waals surface area contributed by atoms with Crippen LogP contribution in [0, 0.1) is 19.8 Å². The van der Waals surface area contributed by atoms with Crippen molar-refractivity contribution in [3.05, 3.63) is 41.1 Å². The number of hydrogen-bond acceptors (Lipinski definition) is 3. The summed E-state index contributed by atoms with van der Waals surface area (Å²) >= 11 is 0. The monoisotopic (exact) mass is 298 g/mol. The van der Waals surface area contributed by atoms with Crippen LogP contribution in [-0.4, -0.2) is 28.6 Å². The average molecular weight is 298 g/mol. The SMILES string of the molecule is Cc1ccc2cc(C(=O)NC(CCO)C3CC3)c(C)nc2c1. The van der Waals surface area contributed by atoms with Crippen LogP contribution in [0.2, 0.25) is 0 Å². The molecule has 0 bridgehead atoms. The molecule has 3 rings (SSSR count). The van der Waals surface area contributed by atoms with Crippen molar-refractivity contribution in [1.29, 1.82) is 0 Å². The van der Waals surface area contributed by atoms with E-state index in [4.69, 9.17) is 5.11 Å². The van der Waals surface area contributed by atoms with E-state index in [0.717, 1.165) is 35.0 Å². The number of nitrogens with zero attached hydrogens (tertiary/aromatic N) is 1. The standard InChI is InChI=1S/C18H22N2O2/c1-11-3-4-14-10-15(12(2)19-17(14)9-11)18(22)20-16(7-8-21)13-5-6-13/h3-4,9-10,13,16,21H,5-8H2,1-2H3,(H,20,22). The van der Waals surface area contributed by atoms with E-state index >= 15 is 0 Å². The third-order valence-corrected chi connectivity index (χ3v) is 4.36. The summed E-state index contributed by atoms with van der Waals surface area (Å²) in [5, 5.41) is 13.2. The maximum Gasteiger partial charge on any atom is 0.253 e. The lowest BCUT2D eigenvalue weighted by molar-refractivity contribution is 0.0923. The topological polar surface area (TPSA) is 62.2 Å². The number of aliphatic hydroxyl groups excluding tert-OH is 1. The highest BCUT2D eigenvalue weighted by Crippen LogP contribution is 2.34. The number of aliphatic hydroxyl groups is 1. The smallest absolute Gasteiger partial charge is 0.253 e. The third kappa shape index (κ3) is 3.12.